The third-order valence-corrected chi connectivity index (χ3v) is 1.60. The second kappa shape index (κ2) is 2.53. The number of aromatic nitrogens is 3. The molecule has 2 rings (SSSR count). The van der Waals surface area contributed by atoms with Gasteiger partial charge in [0.2, 0.25) is 0 Å². The summed E-state index contributed by atoms with van der Waals surface area (Å²) in [5, 5.41) is 15.9. The molecule has 0 aliphatic carbocycles. The van der Waals surface area contributed by atoms with E-state index in [4.69, 9.17) is 5.11 Å². The molecule has 2 aromatic heterocycles. The van der Waals surface area contributed by atoms with Crippen molar-refractivity contribution in [3.8, 4) is 0 Å². The smallest absolute Gasteiger partial charge is 0.196 e. The summed E-state index contributed by atoms with van der Waals surface area (Å²) in [6.07, 6.45) is 1.60. The van der Waals surface area contributed by atoms with Crippen molar-refractivity contribution in [1.29, 1.82) is 0 Å². The van der Waals surface area contributed by atoms with Crippen LogP contribution in [0.15, 0.2) is 18.3 Å². The van der Waals surface area contributed by atoms with Crippen LogP contribution in [0.4, 0.5) is 4.39 Å². The maximum absolute atomic E-state index is 12.9. The summed E-state index contributed by atoms with van der Waals surface area (Å²) in [7, 11) is 0. The van der Waals surface area contributed by atoms with Crippen molar-refractivity contribution in [2.45, 2.75) is 6.61 Å². The number of rotatable bonds is 1. The SMILES string of the molecule is OCc1nnc2c(F)cccn12. The lowest BCUT2D eigenvalue weighted by Gasteiger charge is -1.94. The zero-order chi connectivity index (χ0) is 8.55. The van der Waals surface area contributed by atoms with Gasteiger partial charge >= 0.3 is 0 Å². The highest BCUT2D eigenvalue weighted by Crippen LogP contribution is 2.07. The van der Waals surface area contributed by atoms with Gasteiger partial charge in [0, 0.05) is 6.20 Å². The van der Waals surface area contributed by atoms with Crippen molar-refractivity contribution in [3.05, 3.63) is 30.0 Å². The molecule has 0 aliphatic rings. The minimum absolute atomic E-state index is 0.140. The van der Waals surface area contributed by atoms with E-state index in [-0.39, 0.29) is 12.3 Å². The Morgan fingerprint density at radius 2 is 2.33 bits per heavy atom. The van der Waals surface area contributed by atoms with E-state index in [9.17, 15) is 4.39 Å². The average Bonchev–Trinajstić information content (AvgIpc) is 2.49. The van der Waals surface area contributed by atoms with Crippen LogP contribution >= 0.6 is 0 Å². The summed E-state index contributed by atoms with van der Waals surface area (Å²) in [4.78, 5) is 0. The monoisotopic (exact) mass is 167 g/mol. The van der Waals surface area contributed by atoms with Gasteiger partial charge in [-0.3, -0.25) is 4.40 Å². The van der Waals surface area contributed by atoms with E-state index >= 15 is 0 Å². The number of aliphatic hydroxyl groups is 1. The van der Waals surface area contributed by atoms with Crippen LogP contribution in [0.5, 0.6) is 0 Å². The standard InChI is InChI=1S/C7H6FN3O/c8-5-2-1-3-11-6(4-12)9-10-7(5)11/h1-3,12H,4H2. The first kappa shape index (κ1) is 7.17. The molecule has 0 aromatic carbocycles. The Labute approximate surface area is 67.3 Å². The normalized spacial score (nSPS) is 10.8. The minimum Gasteiger partial charge on any atom is -0.388 e. The highest BCUT2D eigenvalue weighted by Gasteiger charge is 2.06. The van der Waals surface area contributed by atoms with Crippen molar-refractivity contribution < 1.29 is 9.50 Å². The van der Waals surface area contributed by atoms with Gasteiger partial charge < -0.3 is 5.11 Å². The largest absolute Gasteiger partial charge is 0.388 e. The molecule has 0 amide bonds. The summed E-state index contributed by atoms with van der Waals surface area (Å²) in [5.41, 5.74) is 0.140. The van der Waals surface area contributed by atoms with E-state index < -0.39 is 5.82 Å². The molecule has 62 valence electrons. The highest BCUT2D eigenvalue weighted by atomic mass is 19.1. The first-order valence-corrected chi connectivity index (χ1v) is 3.42. The lowest BCUT2D eigenvalue weighted by molar-refractivity contribution is 0.270. The molecule has 0 fully saturated rings. The molecule has 0 aliphatic heterocycles. The summed E-state index contributed by atoms with van der Waals surface area (Å²) in [6.45, 7) is -0.245. The molecule has 0 bridgehead atoms. The molecule has 4 nitrogen and oxygen atoms in total. The first-order valence-electron chi connectivity index (χ1n) is 3.42. The van der Waals surface area contributed by atoms with Crippen LogP contribution in [-0.4, -0.2) is 19.7 Å². The van der Waals surface area contributed by atoms with E-state index in [1.807, 2.05) is 0 Å². The first-order chi connectivity index (χ1) is 5.83. The number of nitrogens with zero attached hydrogens (tertiary/aromatic N) is 3. The van der Waals surface area contributed by atoms with Crippen molar-refractivity contribution in [2.24, 2.45) is 0 Å². The number of fused-ring (bicyclic) bond motifs is 1. The van der Waals surface area contributed by atoms with Gasteiger partial charge in [0.15, 0.2) is 17.3 Å². The van der Waals surface area contributed by atoms with E-state index in [1.165, 1.54) is 16.5 Å². The molecular formula is C7H6FN3O. The summed E-state index contributed by atoms with van der Waals surface area (Å²) >= 11 is 0. The predicted molar refractivity (Wildman–Crippen MR) is 38.9 cm³/mol. The number of halogens is 1. The molecule has 0 radical (unpaired) electrons. The maximum atomic E-state index is 12.9. The van der Waals surface area contributed by atoms with Crippen molar-refractivity contribution in [2.75, 3.05) is 0 Å². The molecule has 2 aromatic rings. The number of hydrogen-bond donors (Lipinski definition) is 1. The fourth-order valence-corrected chi connectivity index (χ4v) is 1.04. The third-order valence-electron chi connectivity index (χ3n) is 1.60. The number of aliphatic hydroxyl groups excluding tert-OH is 1. The van der Waals surface area contributed by atoms with Crippen LogP contribution in [0.3, 0.4) is 0 Å². The van der Waals surface area contributed by atoms with Crippen LogP contribution < -0.4 is 0 Å². The summed E-state index contributed by atoms with van der Waals surface area (Å²) < 4.78 is 14.3. The van der Waals surface area contributed by atoms with Crippen LogP contribution in [0.2, 0.25) is 0 Å². The van der Waals surface area contributed by atoms with Gasteiger partial charge in [-0.05, 0) is 12.1 Å². The van der Waals surface area contributed by atoms with Crippen LogP contribution in [0, 0.1) is 5.82 Å². The zero-order valence-corrected chi connectivity index (χ0v) is 6.11. The van der Waals surface area contributed by atoms with Crippen LogP contribution in [0.25, 0.3) is 5.65 Å². The van der Waals surface area contributed by atoms with E-state index in [0.29, 0.717) is 5.82 Å². The predicted octanol–water partition coefficient (Wildman–Crippen LogP) is 0.361. The second-order valence-corrected chi connectivity index (χ2v) is 2.32. The molecule has 0 saturated carbocycles. The third kappa shape index (κ3) is 0.868. The molecule has 2 heterocycles. The Morgan fingerprint density at radius 3 is 3.08 bits per heavy atom. The molecule has 0 spiro atoms. The Kier molecular flexibility index (Phi) is 1.51. The maximum Gasteiger partial charge on any atom is 0.196 e. The number of hydrogen-bond acceptors (Lipinski definition) is 3. The Hall–Kier alpha value is -1.49. The molecule has 0 atom stereocenters. The van der Waals surface area contributed by atoms with Gasteiger partial charge in [-0.2, -0.15) is 0 Å². The lowest BCUT2D eigenvalue weighted by Crippen LogP contribution is -1.94. The molecule has 5 heteroatoms. The minimum atomic E-state index is -0.440. The quantitative estimate of drug-likeness (QED) is 0.667. The van der Waals surface area contributed by atoms with Crippen molar-refractivity contribution in [3.63, 3.8) is 0 Å². The molecule has 0 saturated heterocycles. The lowest BCUT2D eigenvalue weighted by atomic mass is 10.4. The average molecular weight is 167 g/mol. The Bertz CT molecular complexity index is 412. The van der Waals surface area contributed by atoms with Gasteiger partial charge in [-0.15, -0.1) is 10.2 Å². The van der Waals surface area contributed by atoms with Crippen LogP contribution in [-0.2, 0) is 6.61 Å². The van der Waals surface area contributed by atoms with Gasteiger partial charge in [-0.25, -0.2) is 4.39 Å². The summed E-state index contributed by atoms with van der Waals surface area (Å²) in [5.74, 6) is -0.103. The van der Waals surface area contributed by atoms with Gasteiger partial charge in [0.25, 0.3) is 0 Å². The molecule has 12 heavy (non-hydrogen) atoms. The zero-order valence-electron chi connectivity index (χ0n) is 6.11. The Morgan fingerprint density at radius 1 is 1.50 bits per heavy atom. The molecule has 0 unspecified atom stereocenters. The van der Waals surface area contributed by atoms with E-state index in [1.54, 1.807) is 6.20 Å². The fourth-order valence-electron chi connectivity index (χ4n) is 1.04. The van der Waals surface area contributed by atoms with Gasteiger partial charge in [0.05, 0.1) is 0 Å². The van der Waals surface area contributed by atoms with Gasteiger partial charge in [0.1, 0.15) is 6.61 Å². The van der Waals surface area contributed by atoms with E-state index in [0.717, 1.165) is 0 Å². The Balaban J connectivity index is 2.80. The van der Waals surface area contributed by atoms with Gasteiger partial charge in [-0.1, -0.05) is 0 Å². The molecular weight excluding hydrogens is 161 g/mol. The topological polar surface area (TPSA) is 50.4 Å². The second-order valence-electron chi connectivity index (χ2n) is 2.32. The number of pyridine rings is 1. The van der Waals surface area contributed by atoms with Crippen molar-refractivity contribution in [1.82, 2.24) is 14.6 Å². The van der Waals surface area contributed by atoms with E-state index in [2.05, 4.69) is 10.2 Å². The van der Waals surface area contributed by atoms with Crippen LogP contribution in [0.1, 0.15) is 5.82 Å². The highest BCUT2D eigenvalue weighted by molar-refractivity contribution is 5.39. The molecule has 1 N–H and O–H groups in total. The fraction of sp³-hybridized carbons (Fsp3) is 0.143. The van der Waals surface area contributed by atoms with Crippen molar-refractivity contribution >= 4 is 5.65 Å². The summed E-state index contributed by atoms with van der Waals surface area (Å²) in [6, 6.07) is 2.83.